The highest BCUT2D eigenvalue weighted by Gasteiger charge is 2.17. The number of aromatic nitrogens is 4. The second kappa shape index (κ2) is 7.25. The zero-order valence-electron chi connectivity index (χ0n) is 13.8. The third-order valence-corrected chi connectivity index (χ3v) is 3.84. The summed E-state index contributed by atoms with van der Waals surface area (Å²) in [6.45, 7) is 3.34. The Kier molecular flexibility index (Phi) is 4.87. The van der Waals surface area contributed by atoms with Crippen molar-refractivity contribution in [2.45, 2.75) is 26.4 Å². The van der Waals surface area contributed by atoms with Crippen LogP contribution in [0, 0.1) is 5.82 Å². The van der Waals surface area contributed by atoms with Gasteiger partial charge in [-0.2, -0.15) is 10.2 Å². The van der Waals surface area contributed by atoms with E-state index in [-0.39, 0.29) is 11.1 Å². The van der Waals surface area contributed by atoms with Gasteiger partial charge in [-0.3, -0.25) is 19.0 Å². The largest absolute Gasteiger partial charge is 0.350 e. The quantitative estimate of drug-likeness (QED) is 0.689. The van der Waals surface area contributed by atoms with E-state index < -0.39 is 17.2 Å². The lowest BCUT2D eigenvalue weighted by atomic mass is 10.2. The number of rotatable bonds is 6. The van der Waals surface area contributed by atoms with Crippen LogP contribution in [0.3, 0.4) is 0 Å². The smallest absolute Gasteiger partial charge is 0.275 e. The van der Waals surface area contributed by atoms with E-state index in [1.54, 1.807) is 10.9 Å². The first-order chi connectivity index (χ1) is 12.1. The summed E-state index contributed by atoms with van der Waals surface area (Å²) in [5.41, 5.74) is -0.285. The maximum Gasteiger partial charge on any atom is 0.275 e. The molecule has 3 aromatic rings. The van der Waals surface area contributed by atoms with Crippen molar-refractivity contribution in [2.75, 3.05) is 6.54 Å². The molecule has 1 aromatic carbocycles. The number of carbonyl (C=O) groups excluding carboxylic acids is 1. The van der Waals surface area contributed by atoms with Crippen molar-refractivity contribution in [3.05, 3.63) is 58.4 Å². The van der Waals surface area contributed by atoms with Crippen LogP contribution in [-0.2, 0) is 13.1 Å². The van der Waals surface area contributed by atoms with Gasteiger partial charge < -0.3 is 5.32 Å². The summed E-state index contributed by atoms with van der Waals surface area (Å²) < 4.78 is 16.8. The van der Waals surface area contributed by atoms with E-state index >= 15 is 0 Å². The predicted molar refractivity (Wildman–Crippen MR) is 90.8 cm³/mol. The Balaban J connectivity index is 1.78. The summed E-state index contributed by atoms with van der Waals surface area (Å²) in [6, 6.07) is 5.73. The molecule has 0 saturated heterocycles. The van der Waals surface area contributed by atoms with Crippen molar-refractivity contribution < 1.29 is 9.18 Å². The molecule has 0 aliphatic carbocycles. The summed E-state index contributed by atoms with van der Waals surface area (Å²) >= 11 is 0. The van der Waals surface area contributed by atoms with Gasteiger partial charge in [0.2, 0.25) is 5.43 Å². The lowest BCUT2D eigenvalue weighted by Gasteiger charge is -2.10. The molecule has 2 aromatic heterocycles. The monoisotopic (exact) mass is 343 g/mol. The zero-order valence-corrected chi connectivity index (χ0v) is 13.8. The van der Waals surface area contributed by atoms with Gasteiger partial charge >= 0.3 is 0 Å². The third-order valence-electron chi connectivity index (χ3n) is 3.84. The highest BCUT2D eigenvalue weighted by molar-refractivity contribution is 5.95. The molecule has 0 aliphatic rings. The van der Waals surface area contributed by atoms with Gasteiger partial charge in [0, 0.05) is 32.0 Å². The minimum Gasteiger partial charge on any atom is -0.350 e. The van der Waals surface area contributed by atoms with Crippen molar-refractivity contribution in [1.29, 1.82) is 0 Å². The number of amides is 1. The summed E-state index contributed by atoms with van der Waals surface area (Å²) in [5, 5.41) is 11.0. The third kappa shape index (κ3) is 3.57. The molecular formula is C17H18FN5O2. The molecule has 0 spiro atoms. The van der Waals surface area contributed by atoms with Gasteiger partial charge in [0.25, 0.3) is 5.91 Å². The topological polar surface area (TPSA) is 81.8 Å². The van der Waals surface area contributed by atoms with Crippen LogP contribution in [0.5, 0.6) is 0 Å². The van der Waals surface area contributed by atoms with E-state index in [4.69, 9.17) is 0 Å². The van der Waals surface area contributed by atoms with E-state index in [0.717, 1.165) is 6.07 Å². The molecule has 7 nitrogen and oxygen atoms in total. The molecule has 1 amide bonds. The molecule has 3 rings (SSSR count). The lowest BCUT2D eigenvalue weighted by molar-refractivity contribution is 0.0944. The first-order valence-corrected chi connectivity index (χ1v) is 8.06. The summed E-state index contributed by atoms with van der Waals surface area (Å²) in [5.74, 6) is -1.08. The number of nitrogens with one attached hydrogen (secondary N) is 1. The van der Waals surface area contributed by atoms with Gasteiger partial charge in [-0.25, -0.2) is 4.39 Å². The van der Waals surface area contributed by atoms with Crippen LogP contribution in [-0.4, -0.2) is 32.0 Å². The van der Waals surface area contributed by atoms with E-state index in [1.807, 2.05) is 19.2 Å². The fourth-order valence-corrected chi connectivity index (χ4v) is 2.61. The standard InChI is InChI=1S/C17H18FN5O2/c1-2-23-14-6-5-12(18)11-13(14)16(24)15(21-23)17(25)19-7-3-9-22-10-4-8-20-22/h4-6,8,10-11H,2-3,7,9H2,1H3,(H,19,25). The molecule has 0 bridgehead atoms. The number of aryl methyl sites for hydroxylation is 2. The molecule has 0 atom stereocenters. The van der Waals surface area contributed by atoms with E-state index in [0.29, 0.717) is 31.6 Å². The Morgan fingerprint density at radius 3 is 2.92 bits per heavy atom. The van der Waals surface area contributed by atoms with Crippen molar-refractivity contribution in [3.8, 4) is 0 Å². The van der Waals surface area contributed by atoms with Crippen LogP contribution in [0.4, 0.5) is 4.39 Å². The predicted octanol–water partition coefficient (Wildman–Crippen LogP) is 1.57. The lowest BCUT2D eigenvalue weighted by Crippen LogP contribution is -2.33. The maximum absolute atomic E-state index is 13.5. The fraction of sp³-hybridized carbons (Fsp3) is 0.294. The van der Waals surface area contributed by atoms with Gasteiger partial charge in [-0.05, 0) is 37.6 Å². The average molecular weight is 343 g/mol. The Bertz CT molecular complexity index is 950. The number of nitrogens with zero attached hydrogens (tertiary/aromatic N) is 4. The molecule has 0 saturated carbocycles. The number of carbonyl (C=O) groups is 1. The summed E-state index contributed by atoms with van der Waals surface area (Å²) in [7, 11) is 0. The fourth-order valence-electron chi connectivity index (χ4n) is 2.61. The van der Waals surface area contributed by atoms with Crippen molar-refractivity contribution in [1.82, 2.24) is 24.9 Å². The maximum atomic E-state index is 13.5. The molecule has 130 valence electrons. The van der Waals surface area contributed by atoms with Gasteiger partial charge in [0.05, 0.1) is 10.9 Å². The van der Waals surface area contributed by atoms with Crippen molar-refractivity contribution in [3.63, 3.8) is 0 Å². The SMILES string of the molecule is CCn1nc(C(=O)NCCCn2cccn2)c(=O)c2cc(F)ccc21. The Morgan fingerprint density at radius 1 is 1.36 bits per heavy atom. The number of hydrogen-bond acceptors (Lipinski definition) is 4. The summed E-state index contributed by atoms with van der Waals surface area (Å²) in [6.07, 6.45) is 4.18. The van der Waals surface area contributed by atoms with E-state index in [2.05, 4.69) is 15.5 Å². The molecule has 0 fully saturated rings. The number of fused-ring (bicyclic) bond motifs is 1. The van der Waals surface area contributed by atoms with Crippen molar-refractivity contribution in [2.24, 2.45) is 0 Å². The van der Waals surface area contributed by atoms with Gasteiger partial charge in [-0.1, -0.05) is 0 Å². The van der Waals surface area contributed by atoms with Crippen molar-refractivity contribution >= 4 is 16.8 Å². The average Bonchev–Trinajstić information content (AvgIpc) is 3.12. The molecule has 0 aliphatic heterocycles. The minimum absolute atomic E-state index is 0.151. The second-order valence-corrected chi connectivity index (χ2v) is 5.53. The Morgan fingerprint density at radius 2 is 2.20 bits per heavy atom. The molecular weight excluding hydrogens is 325 g/mol. The Labute approximate surface area is 143 Å². The molecule has 8 heteroatoms. The van der Waals surface area contributed by atoms with Crippen LogP contribution in [0.25, 0.3) is 10.9 Å². The molecule has 0 radical (unpaired) electrons. The van der Waals surface area contributed by atoms with Gasteiger partial charge in [0.1, 0.15) is 5.82 Å². The Hall–Kier alpha value is -3.03. The molecule has 1 N–H and O–H groups in total. The first kappa shape index (κ1) is 16.8. The van der Waals surface area contributed by atoms with E-state index in [1.165, 1.54) is 16.8 Å². The normalized spacial score (nSPS) is 11.0. The zero-order chi connectivity index (χ0) is 17.8. The van der Waals surface area contributed by atoms with Crippen LogP contribution in [0.2, 0.25) is 0 Å². The van der Waals surface area contributed by atoms with Crippen LogP contribution < -0.4 is 10.7 Å². The van der Waals surface area contributed by atoms with Gasteiger partial charge in [0.15, 0.2) is 5.69 Å². The minimum atomic E-state index is -0.566. The molecule has 25 heavy (non-hydrogen) atoms. The number of hydrogen-bond donors (Lipinski definition) is 1. The highest BCUT2D eigenvalue weighted by atomic mass is 19.1. The molecule has 0 unspecified atom stereocenters. The summed E-state index contributed by atoms with van der Waals surface area (Å²) in [4.78, 5) is 24.8. The highest BCUT2D eigenvalue weighted by Crippen LogP contribution is 2.12. The van der Waals surface area contributed by atoms with Crippen LogP contribution in [0.1, 0.15) is 23.8 Å². The number of benzene rings is 1. The first-order valence-electron chi connectivity index (χ1n) is 8.06. The molecule has 2 heterocycles. The van der Waals surface area contributed by atoms with Crippen LogP contribution >= 0.6 is 0 Å². The van der Waals surface area contributed by atoms with Crippen LogP contribution in [0.15, 0.2) is 41.5 Å². The number of halogens is 1. The van der Waals surface area contributed by atoms with E-state index in [9.17, 15) is 14.0 Å². The second-order valence-electron chi connectivity index (χ2n) is 5.53. The van der Waals surface area contributed by atoms with Gasteiger partial charge in [-0.15, -0.1) is 0 Å².